The van der Waals surface area contributed by atoms with Crippen molar-refractivity contribution in [1.29, 1.82) is 0 Å². The lowest BCUT2D eigenvalue weighted by molar-refractivity contribution is 0.103. The second-order valence-electron chi connectivity index (χ2n) is 5.27. The summed E-state index contributed by atoms with van der Waals surface area (Å²) in [6.45, 7) is 1.99. The second-order valence-corrected chi connectivity index (χ2v) is 6.72. The molecule has 0 saturated heterocycles. The molecule has 0 N–H and O–H groups in total. The van der Waals surface area contributed by atoms with E-state index in [1.165, 1.54) is 0 Å². The van der Waals surface area contributed by atoms with E-state index in [2.05, 4.69) is 0 Å². The third-order valence-corrected chi connectivity index (χ3v) is 5.06. The standard InChI is InChI=1S/C20H16O2S/c1-15-11-13-17(14-12-15)23(22)19-10-6-5-9-18(19)20(21)16-7-3-2-4-8-16/h2-14H,1H3. The molecule has 3 aromatic carbocycles. The predicted molar refractivity (Wildman–Crippen MR) is 92.2 cm³/mol. The first kappa shape index (κ1) is 15.4. The molecule has 0 fully saturated rings. The van der Waals surface area contributed by atoms with Crippen LogP contribution in [-0.4, -0.2) is 9.99 Å². The lowest BCUT2D eigenvalue weighted by Gasteiger charge is -2.09. The van der Waals surface area contributed by atoms with Crippen LogP contribution in [0, 0.1) is 6.92 Å². The third kappa shape index (κ3) is 3.30. The second kappa shape index (κ2) is 6.71. The molecule has 114 valence electrons. The summed E-state index contributed by atoms with van der Waals surface area (Å²) in [5.74, 6) is -0.110. The average Bonchev–Trinajstić information content (AvgIpc) is 2.62. The molecule has 23 heavy (non-hydrogen) atoms. The number of hydrogen-bond acceptors (Lipinski definition) is 2. The fourth-order valence-corrected chi connectivity index (χ4v) is 3.55. The highest BCUT2D eigenvalue weighted by atomic mass is 32.2. The molecule has 0 aromatic heterocycles. The quantitative estimate of drug-likeness (QED) is 0.668. The smallest absolute Gasteiger partial charge is 0.194 e. The van der Waals surface area contributed by atoms with Crippen LogP contribution in [0.5, 0.6) is 0 Å². The van der Waals surface area contributed by atoms with Gasteiger partial charge in [0, 0.05) is 16.0 Å². The summed E-state index contributed by atoms with van der Waals surface area (Å²) >= 11 is 0. The molecule has 3 heteroatoms. The van der Waals surface area contributed by atoms with Gasteiger partial charge in [-0.2, -0.15) is 0 Å². The first-order chi connectivity index (χ1) is 11.2. The van der Waals surface area contributed by atoms with Crippen LogP contribution in [0.4, 0.5) is 0 Å². The number of benzene rings is 3. The molecule has 0 bridgehead atoms. The predicted octanol–water partition coefficient (Wildman–Crippen LogP) is 4.39. The Morgan fingerprint density at radius 3 is 2.09 bits per heavy atom. The Hall–Kier alpha value is -2.52. The van der Waals surface area contributed by atoms with Crippen LogP contribution in [0.3, 0.4) is 0 Å². The molecule has 3 aromatic rings. The topological polar surface area (TPSA) is 34.1 Å². The van der Waals surface area contributed by atoms with Crippen LogP contribution in [-0.2, 0) is 10.8 Å². The van der Waals surface area contributed by atoms with Crippen LogP contribution >= 0.6 is 0 Å². The van der Waals surface area contributed by atoms with Crippen LogP contribution in [0.15, 0.2) is 88.7 Å². The summed E-state index contributed by atoms with van der Waals surface area (Å²) in [7, 11) is -1.38. The lowest BCUT2D eigenvalue weighted by atomic mass is 10.0. The van der Waals surface area contributed by atoms with E-state index in [-0.39, 0.29) is 5.78 Å². The Bertz CT molecular complexity index is 852. The molecule has 0 aliphatic rings. The van der Waals surface area contributed by atoms with Gasteiger partial charge in [0.1, 0.15) is 0 Å². The number of carbonyl (C=O) groups excluding carboxylic acids is 1. The zero-order valence-corrected chi connectivity index (χ0v) is 13.5. The van der Waals surface area contributed by atoms with Crippen molar-refractivity contribution in [3.05, 3.63) is 95.6 Å². The highest BCUT2D eigenvalue weighted by Gasteiger charge is 2.18. The van der Waals surface area contributed by atoms with Gasteiger partial charge in [0.15, 0.2) is 5.78 Å². The first-order valence-corrected chi connectivity index (χ1v) is 8.49. The van der Waals surface area contributed by atoms with Crippen molar-refractivity contribution in [1.82, 2.24) is 0 Å². The monoisotopic (exact) mass is 320 g/mol. The van der Waals surface area contributed by atoms with Crippen LogP contribution in [0.1, 0.15) is 21.5 Å². The molecule has 0 spiro atoms. The van der Waals surface area contributed by atoms with Crippen molar-refractivity contribution in [2.75, 3.05) is 0 Å². The zero-order valence-electron chi connectivity index (χ0n) is 12.7. The van der Waals surface area contributed by atoms with Gasteiger partial charge < -0.3 is 0 Å². The van der Waals surface area contributed by atoms with E-state index in [1.54, 1.807) is 30.3 Å². The van der Waals surface area contributed by atoms with E-state index >= 15 is 0 Å². The van der Waals surface area contributed by atoms with Crippen LogP contribution < -0.4 is 0 Å². The summed E-state index contributed by atoms with van der Waals surface area (Å²) in [5.41, 5.74) is 2.19. The molecule has 2 nitrogen and oxygen atoms in total. The molecule has 0 heterocycles. The minimum Gasteiger partial charge on any atom is -0.289 e. The van der Waals surface area contributed by atoms with Crippen molar-refractivity contribution < 1.29 is 9.00 Å². The Morgan fingerprint density at radius 1 is 0.783 bits per heavy atom. The molecule has 0 amide bonds. The molecule has 1 atom stereocenters. The summed E-state index contributed by atoms with van der Waals surface area (Å²) in [6, 6.07) is 23.7. The van der Waals surface area contributed by atoms with E-state index in [1.807, 2.05) is 55.5 Å². The molecular weight excluding hydrogens is 304 g/mol. The SMILES string of the molecule is Cc1ccc(S(=O)c2ccccc2C(=O)c2ccccc2)cc1. The molecule has 0 aliphatic heterocycles. The fourth-order valence-electron chi connectivity index (χ4n) is 2.35. The van der Waals surface area contributed by atoms with Gasteiger partial charge in [0.05, 0.1) is 15.7 Å². The molecule has 1 unspecified atom stereocenters. The number of hydrogen-bond donors (Lipinski definition) is 0. The fraction of sp³-hybridized carbons (Fsp3) is 0.0500. The van der Waals surface area contributed by atoms with Gasteiger partial charge >= 0.3 is 0 Å². The summed E-state index contributed by atoms with van der Waals surface area (Å²) < 4.78 is 12.9. The van der Waals surface area contributed by atoms with Crippen molar-refractivity contribution in [3.63, 3.8) is 0 Å². The lowest BCUT2D eigenvalue weighted by Crippen LogP contribution is -2.07. The van der Waals surface area contributed by atoms with Crippen molar-refractivity contribution in [2.45, 2.75) is 16.7 Å². The maximum absolute atomic E-state index is 12.9. The number of ketones is 1. The minimum atomic E-state index is -1.38. The molecule has 3 rings (SSSR count). The number of carbonyl (C=O) groups is 1. The number of aryl methyl sites for hydroxylation is 1. The zero-order chi connectivity index (χ0) is 16.2. The van der Waals surface area contributed by atoms with E-state index in [0.717, 1.165) is 5.56 Å². The van der Waals surface area contributed by atoms with Crippen LogP contribution in [0.25, 0.3) is 0 Å². The number of rotatable bonds is 4. The van der Waals surface area contributed by atoms with E-state index in [9.17, 15) is 9.00 Å². The first-order valence-electron chi connectivity index (χ1n) is 7.34. The van der Waals surface area contributed by atoms with Crippen molar-refractivity contribution >= 4 is 16.6 Å². The van der Waals surface area contributed by atoms with Gasteiger partial charge in [-0.05, 0) is 31.2 Å². The molecule has 0 aliphatic carbocycles. The largest absolute Gasteiger partial charge is 0.289 e. The summed E-state index contributed by atoms with van der Waals surface area (Å²) in [5, 5.41) is 0. The van der Waals surface area contributed by atoms with Gasteiger partial charge in [-0.25, -0.2) is 4.21 Å². The minimum absolute atomic E-state index is 0.110. The average molecular weight is 320 g/mol. The van der Waals surface area contributed by atoms with E-state index < -0.39 is 10.8 Å². The Kier molecular flexibility index (Phi) is 4.49. The molecule has 0 radical (unpaired) electrons. The molecule has 0 saturated carbocycles. The van der Waals surface area contributed by atoms with Crippen molar-refractivity contribution in [3.8, 4) is 0 Å². The Labute approximate surface area is 138 Å². The third-order valence-electron chi connectivity index (χ3n) is 3.60. The summed E-state index contributed by atoms with van der Waals surface area (Å²) in [4.78, 5) is 14.0. The van der Waals surface area contributed by atoms with Gasteiger partial charge in [0.2, 0.25) is 0 Å². The van der Waals surface area contributed by atoms with Crippen LogP contribution in [0.2, 0.25) is 0 Å². The van der Waals surface area contributed by atoms with Crippen molar-refractivity contribution in [2.24, 2.45) is 0 Å². The Balaban J connectivity index is 2.03. The van der Waals surface area contributed by atoms with E-state index in [0.29, 0.717) is 20.9 Å². The van der Waals surface area contributed by atoms with Gasteiger partial charge in [-0.1, -0.05) is 60.2 Å². The maximum Gasteiger partial charge on any atom is 0.194 e. The molecular formula is C20H16O2S. The normalized spacial score (nSPS) is 11.9. The van der Waals surface area contributed by atoms with Gasteiger partial charge in [-0.3, -0.25) is 4.79 Å². The highest BCUT2D eigenvalue weighted by Crippen LogP contribution is 2.23. The van der Waals surface area contributed by atoms with Gasteiger partial charge in [-0.15, -0.1) is 0 Å². The maximum atomic E-state index is 12.9. The summed E-state index contributed by atoms with van der Waals surface area (Å²) in [6.07, 6.45) is 0. The Morgan fingerprint density at radius 2 is 1.39 bits per heavy atom. The van der Waals surface area contributed by atoms with E-state index in [4.69, 9.17) is 0 Å². The highest BCUT2D eigenvalue weighted by molar-refractivity contribution is 7.85. The van der Waals surface area contributed by atoms with Gasteiger partial charge in [0.25, 0.3) is 0 Å².